The lowest BCUT2D eigenvalue weighted by Crippen LogP contribution is -1.97. The van der Waals surface area contributed by atoms with Crippen molar-refractivity contribution in [2.45, 2.75) is 6.92 Å². The first-order valence-electron chi connectivity index (χ1n) is 4.70. The first kappa shape index (κ1) is 13.5. The monoisotopic (exact) mass is 264 g/mol. The molecule has 1 rings (SSSR count). The molecule has 0 aliphatic heterocycles. The Morgan fingerprint density at radius 1 is 1.71 bits per heavy atom. The van der Waals surface area contributed by atoms with Crippen molar-refractivity contribution in [1.82, 2.24) is 4.98 Å². The largest absolute Gasteiger partial charge is 0.403 e. The van der Waals surface area contributed by atoms with Gasteiger partial charge < -0.3 is 11.1 Å². The van der Waals surface area contributed by atoms with Crippen molar-refractivity contribution >= 4 is 29.3 Å². The van der Waals surface area contributed by atoms with Gasteiger partial charge in [0.05, 0.1) is 9.27 Å². The van der Waals surface area contributed by atoms with Crippen LogP contribution in [-0.2, 0) is 0 Å². The molecule has 0 aromatic carbocycles. The summed E-state index contributed by atoms with van der Waals surface area (Å²) in [4.78, 5) is 4.15. The molecular weight excluding hydrogens is 252 g/mol. The predicted molar refractivity (Wildman–Crippen MR) is 74.8 cm³/mol. The van der Waals surface area contributed by atoms with Crippen LogP contribution in [0, 0.1) is 17.6 Å². The molecule has 0 atom stereocenters. The van der Waals surface area contributed by atoms with Crippen molar-refractivity contribution in [2.24, 2.45) is 5.73 Å². The maximum absolute atomic E-state index is 8.55. The smallest absolute Gasteiger partial charge is 0.139 e. The molecular formula is C11H12N4S2. The SMILES string of the molecule is C=C(Nc1cc(C)ccn1)S/C(=C\N)SC#N. The van der Waals surface area contributed by atoms with Gasteiger partial charge in [0.2, 0.25) is 0 Å². The van der Waals surface area contributed by atoms with Gasteiger partial charge in [0.1, 0.15) is 11.2 Å². The second-order valence-electron chi connectivity index (χ2n) is 3.05. The number of hydrogen-bond acceptors (Lipinski definition) is 6. The van der Waals surface area contributed by atoms with Crippen molar-refractivity contribution in [3.63, 3.8) is 0 Å². The zero-order valence-corrected chi connectivity index (χ0v) is 10.9. The maximum atomic E-state index is 8.55. The van der Waals surface area contributed by atoms with Gasteiger partial charge in [-0.25, -0.2) is 4.98 Å². The average Bonchev–Trinajstić information content (AvgIpc) is 2.28. The van der Waals surface area contributed by atoms with Crippen LogP contribution in [0.25, 0.3) is 0 Å². The summed E-state index contributed by atoms with van der Waals surface area (Å²) < 4.78 is 0.678. The van der Waals surface area contributed by atoms with Crippen LogP contribution in [0.3, 0.4) is 0 Å². The summed E-state index contributed by atoms with van der Waals surface area (Å²) in [6.45, 7) is 5.83. The summed E-state index contributed by atoms with van der Waals surface area (Å²) in [5.41, 5.74) is 6.50. The Kier molecular flexibility index (Phi) is 5.46. The Morgan fingerprint density at radius 3 is 3.06 bits per heavy atom. The summed E-state index contributed by atoms with van der Waals surface area (Å²) in [7, 11) is 0. The Labute approximate surface area is 109 Å². The molecule has 0 saturated heterocycles. The molecule has 0 radical (unpaired) electrons. The van der Waals surface area contributed by atoms with E-state index < -0.39 is 0 Å². The second-order valence-corrected chi connectivity index (χ2v) is 5.27. The number of rotatable bonds is 5. The van der Waals surface area contributed by atoms with Crippen LogP contribution in [0.15, 0.2) is 40.4 Å². The van der Waals surface area contributed by atoms with E-state index in [2.05, 4.69) is 16.9 Å². The molecule has 0 amide bonds. The molecule has 1 aromatic rings. The van der Waals surface area contributed by atoms with E-state index in [1.807, 2.05) is 24.5 Å². The fraction of sp³-hybridized carbons (Fsp3) is 0.0909. The summed E-state index contributed by atoms with van der Waals surface area (Å²) in [5.74, 6) is 0.723. The standard InChI is InChI=1S/C11H12N4S2/c1-8-3-4-14-10(5-8)15-9(2)17-11(6-12)16-7-13/h3-6H,2,12H2,1H3,(H,14,15)/b11-6-. The highest BCUT2D eigenvalue weighted by atomic mass is 32.2. The van der Waals surface area contributed by atoms with Gasteiger partial charge in [-0.3, -0.25) is 0 Å². The molecule has 1 aromatic heterocycles. The average molecular weight is 264 g/mol. The highest BCUT2D eigenvalue weighted by Gasteiger charge is 2.03. The fourth-order valence-corrected chi connectivity index (χ4v) is 2.23. The van der Waals surface area contributed by atoms with E-state index in [4.69, 9.17) is 11.0 Å². The van der Waals surface area contributed by atoms with E-state index in [9.17, 15) is 0 Å². The van der Waals surface area contributed by atoms with Crippen LogP contribution in [0.1, 0.15) is 5.56 Å². The van der Waals surface area contributed by atoms with Gasteiger partial charge in [-0.1, -0.05) is 18.3 Å². The van der Waals surface area contributed by atoms with E-state index in [0.717, 1.165) is 23.1 Å². The van der Waals surface area contributed by atoms with E-state index in [-0.39, 0.29) is 0 Å². The van der Waals surface area contributed by atoms with Gasteiger partial charge in [-0.15, -0.1) is 0 Å². The molecule has 17 heavy (non-hydrogen) atoms. The van der Waals surface area contributed by atoms with E-state index in [1.54, 1.807) is 6.20 Å². The molecule has 1 heterocycles. The third-order valence-electron chi connectivity index (χ3n) is 1.69. The number of nitrogens with two attached hydrogens (primary N) is 1. The molecule has 0 aliphatic rings. The fourth-order valence-electron chi connectivity index (χ4n) is 1.03. The van der Waals surface area contributed by atoms with Crippen LogP contribution >= 0.6 is 23.5 Å². The Morgan fingerprint density at radius 2 is 2.47 bits per heavy atom. The van der Waals surface area contributed by atoms with Gasteiger partial charge in [0.15, 0.2) is 0 Å². The predicted octanol–water partition coefficient (Wildman–Crippen LogP) is 2.98. The minimum atomic E-state index is 0.669. The number of thioether (sulfide) groups is 2. The Bertz CT molecular complexity index is 477. The summed E-state index contributed by atoms with van der Waals surface area (Å²) >= 11 is 2.30. The van der Waals surface area contributed by atoms with Crippen molar-refractivity contribution < 1.29 is 0 Å². The minimum absolute atomic E-state index is 0.669. The lowest BCUT2D eigenvalue weighted by Gasteiger charge is -2.08. The number of aromatic nitrogens is 1. The van der Waals surface area contributed by atoms with E-state index >= 15 is 0 Å². The van der Waals surface area contributed by atoms with Crippen LogP contribution in [0.2, 0.25) is 0 Å². The molecule has 0 spiro atoms. The zero-order valence-electron chi connectivity index (χ0n) is 9.30. The molecule has 88 valence electrons. The number of nitrogens with zero attached hydrogens (tertiary/aromatic N) is 2. The Hall–Kier alpha value is -1.58. The van der Waals surface area contributed by atoms with Crippen LogP contribution < -0.4 is 11.1 Å². The van der Waals surface area contributed by atoms with Crippen LogP contribution in [0.4, 0.5) is 5.82 Å². The quantitative estimate of drug-likeness (QED) is 0.796. The molecule has 0 unspecified atom stereocenters. The molecule has 0 fully saturated rings. The maximum Gasteiger partial charge on any atom is 0.139 e. The minimum Gasteiger partial charge on any atom is -0.403 e. The number of nitrogens with one attached hydrogen (secondary N) is 1. The summed E-state index contributed by atoms with van der Waals surface area (Å²) in [6.07, 6.45) is 3.11. The zero-order chi connectivity index (χ0) is 12.7. The highest BCUT2D eigenvalue weighted by molar-refractivity contribution is 8.25. The van der Waals surface area contributed by atoms with Crippen LogP contribution in [0.5, 0.6) is 0 Å². The lowest BCUT2D eigenvalue weighted by molar-refractivity contribution is 1.27. The molecule has 0 saturated carbocycles. The Balaban J connectivity index is 2.59. The van der Waals surface area contributed by atoms with E-state index in [1.165, 1.54) is 18.0 Å². The summed E-state index contributed by atoms with van der Waals surface area (Å²) in [6, 6.07) is 3.83. The third kappa shape index (κ3) is 4.85. The number of aryl methyl sites for hydroxylation is 1. The molecule has 6 heteroatoms. The topological polar surface area (TPSA) is 74.7 Å². The number of hydrogen-bond donors (Lipinski definition) is 2. The van der Waals surface area contributed by atoms with Gasteiger partial charge >= 0.3 is 0 Å². The highest BCUT2D eigenvalue weighted by Crippen LogP contribution is 2.32. The van der Waals surface area contributed by atoms with Crippen molar-refractivity contribution in [2.75, 3.05) is 5.32 Å². The number of nitriles is 1. The number of thiocyanates is 1. The second kappa shape index (κ2) is 6.89. The first-order valence-corrected chi connectivity index (χ1v) is 6.33. The molecule has 0 bridgehead atoms. The molecule has 0 aliphatic carbocycles. The van der Waals surface area contributed by atoms with Gasteiger partial charge in [0.25, 0.3) is 0 Å². The van der Waals surface area contributed by atoms with Crippen molar-refractivity contribution in [3.8, 4) is 5.40 Å². The van der Waals surface area contributed by atoms with E-state index in [0.29, 0.717) is 9.27 Å². The van der Waals surface area contributed by atoms with Crippen molar-refractivity contribution in [3.05, 3.63) is 45.9 Å². The third-order valence-corrected chi connectivity index (χ3v) is 3.30. The number of pyridine rings is 1. The van der Waals surface area contributed by atoms with Gasteiger partial charge in [-0.05, 0) is 36.4 Å². The lowest BCUT2D eigenvalue weighted by atomic mass is 10.3. The number of anilines is 1. The molecule has 4 nitrogen and oxygen atoms in total. The van der Waals surface area contributed by atoms with Gasteiger partial charge in [-0.2, -0.15) is 5.26 Å². The first-order chi connectivity index (χ1) is 8.15. The molecule has 3 N–H and O–H groups in total. The normalized spacial score (nSPS) is 10.7. The summed E-state index contributed by atoms with van der Waals surface area (Å²) in [5, 5.41) is 14.2. The van der Waals surface area contributed by atoms with Crippen molar-refractivity contribution in [1.29, 1.82) is 5.26 Å². The van der Waals surface area contributed by atoms with Gasteiger partial charge in [0, 0.05) is 12.4 Å². The van der Waals surface area contributed by atoms with Crippen LogP contribution in [-0.4, -0.2) is 4.98 Å².